The number of hydrogen-bond donors (Lipinski definition) is 1. The second-order valence-corrected chi connectivity index (χ2v) is 8.19. The van der Waals surface area contributed by atoms with Gasteiger partial charge in [-0.25, -0.2) is 9.50 Å². The van der Waals surface area contributed by atoms with E-state index in [0.717, 1.165) is 21.8 Å². The highest BCUT2D eigenvalue weighted by molar-refractivity contribution is 8.00. The Hall–Kier alpha value is -3.23. The molecule has 2 aromatic heterocycles. The van der Waals surface area contributed by atoms with Crippen molar-refractivity contribution in [3.63, 3.8) is 0 Å². The fourth-order valence-electron chi connectivity index (χ4n) is 3.22. The second-order valence-electron chi connectivity index (χ2n) is 6.79. The van der Waals surface area contributed by atoms with Gasteiger partial charge >= 0.3 is 0 Å². The molecule has 9 heteroatoms. The zero-order valence-electron chi connectivity index (χ0n) is 16.2. The second kappa shape index (κ2) is 8.49. The molecule has 2 aromatic carbocycles. The standard InChI is InChI=1S/C22H17ClN4O3S/c23-15-3-1-14(2-4-15)17-12-18-22(24-7-8-27(18)26-17)31-13-21(28)25-16-5-6-19-20(11-16)30-10-9-29-19/h1-8,11-12H,9-10,13H2,(H,25,28). The maximum atomic E-state index is 12.5. The third-order valence-electron chi connectivity index (χ3n) is 4.66. The van der Waals surface area contributed by atoms with Crippen LogP contribution in [0.3, 0.4) is 0 Å². The number of aromatic nitrogens is 3. The highest BCUT2D eigenvalue weighted by atomic mass is 35.5. The van der Waals surface area contributed by atoms with Gasteiger partial charge in [-0.1, -0.05) is 35.5 Å². The number of carbonyl (C=O) groups is 1. The first-order chi connectivity index (χ1) is 15.2. The summed E-state index contributed by atoms with van der Waals surface area (Å²) in [6.45, 7) is 1.03. The predicted octanol–water partition coefficient (Wildman–Crippen LogP) is 4.55. The van der Waals surface area contributed by atoms with E-state index in [0.29, 0.717) is 35.4 Å². The third kappa shape index (κ3) is 4.30. The van der Waals surface area contributed by atoms with Crippen LogP contribution in [0.2, 0.25) is 5.02 Å². The summed E-state index contributed by atoms with van der Waals surface area (Å²) < 4.78 is 12.8. The van der Waals surface area contributed by atoms with Crippen molar-refractivity contribution in [2.75, 3.05) is 24.3 Å². The molecule has 0 radical (unpaired) electrons. The summed E-state index contributed by atoms with van der Waals surface area (Å²) in [7, 11) is 0. The lowest BCUT2D eigenvalue weighted by molar-refractivity contribution is -0.113. The molecular weight excluding hydrogens is 436 g/mol. The Bertz CT molecular complexity index is 1260. The minimum Gasteiger partial charge on any atom is -0.486 e. The van der Waals surface area contributed by atoms with Gasteiger partial charge in [-0.05, 0) is 30.3 Å². The van der Waals surface area contributed by atoms with Crippen LogP contribution in [0, 0.1) is 0 Å². The minimum atomic E-state index is -0.136. The van der Waals surface area contributed by atoms with E-state index >= 15 is 0 Å². The summed E-state index contributed by atoms with van der Waals surface area (Å²) in [5.74, 6) is 1.40. The largest absolute Gasteiger partial charge is 0.486 e. The monoisotopic (exact) mass is 452 g/mol. The number of thioether (sulfide) groups is 1. The molecule has 1 amide bonds. The van der Waals surface area contributed by atoms with E-state index in [1.165, 1.54) is 11.8 Å². The fourth-order valence-corrected chi connectivity index (χ4v) is 4.12. The van der Waals surface area contributed by atoms with Crippen LogP contribution in [0.4, 0.5) is 5.69 Å². The minimum absolute atomic E-state index is 0.136. The molecule has 1 aliphatic rings. The Morgan fingerprint density at radius 2 is 1.90 bits per heavy atom. The summed E-state index contributed by atoms with van der Waals surface area (Å²) in [6, 6.07) is 14.8. The molecule has 0 aliphatic carbocycles. The molecule has 0 bridgehead atoms. The number of nitrogens with one attached hydrogen (secondary N) is 1. The molecule has 3 heterocycles. The van der Waals surface area contributed by atoms with E-state index in [4.69, 9.17) is 21.1 Å². The van der Waals surface area contributed by atoms with Crippen molar-refractivity contribution in [2.24, 2.45) is 0 Å². The smallest absolute Gasteiger partial charge is 0.234 e. The van der Waals surface area contributed by atoms with Gasteiger partial charge in [-0.3, -0.25) is 4.79 Å². The number of rotatable bonds is 5. The quantitative estimate of drug-likeness (QED) is 0.447. The number of halogens is 1. The summed E-state index contributed by atoms with van der Waals surface area (Å²) in [5, 5.41) is 8.90. The molecule has 1 N–H and O–H groups in total. The van der Waals surface area contributed by atoms with Gasteiger partial charge in [0.1, 0.15) is 18.2 Å². The molecule has 1 aliphatic heterocycles. The van der Waals surface area contributed by atoms with E-state index in [1.807, 2.05) is 30.3 Å². The normalized spacial score (nSPS) is 12.7. The molecular formula is C22H17ClN4O3S. The van der Waals surface area contributed by atoms with Crippen molar-refractivity contribution in [1.29, 1.82) is 0 Å². The lowest BCUT2D eigenvalue weighted by Gasteiger charge is -2.19. The third-order valence-corrected chi connectivity index (χ3v) is 5.91. The van der Waals surface area contributed by atoms with Gasteiger partial charge in [0.15, 0.2) is 11.5 Å². The van der Waals surface area contributed by atoms with E-state index in [2.05, 4.69) is 15.4 Å². The van der Waals surface area contributed by atoms with Crippen LogP contribution in [-0.2, 0) is 4.79 Å². The molecule has 4 aromatic rings. The molecule has 0 atom stereocenters. The summed E-state index contributed by atoms with van der Waals surface area (Å²) >= 11 is 7.33. The van der Waals surface area contributed by atoms with Crippen molar-refractivity contribution in [3.05, 3.63) is 65.9 Å². The molecule has 31 heavy (non-hydrogen) atoms. The number of ether oxygens (including phenoxy) is 2. The van der Waals surface area contributed by atoms with Crippen LogP contribution in [0.5, 0.6) is 11.5 Å². The predicted molar refractivity (Wildman–Crippen MR) is 120 cm³/mol. The van der Waals surface area contributed by atoms with Crippen LogP contribution in [0.25, 0.3) is 16.8 Å². The van der Waals surface area contributed by atoms with Crippen molar-refractivity contribution in [3.8, 4) is 22.8 Å². The van der Waals surface area contributed by atoms with Crippen molar-refractivity contribution in [1.82, 2.24) is 14.6 Å². The van der Waals surface area contributed by atoms with Gasteiger partial charge in [0.2, 0.25) is 5.91 Å². The lowest BCUT2D eigenvalue weighted by Crippen LogP contribution is -2.17. The Morgan fingerprint density at radius 1 is 1.10 bits per heavy atom. The molecule has 0 spiro atoms. The Kier molecular flexibility index (Phi) is 5.40. The number of fused-ring (bicyclic) bond motifs is 2. The van der Waals surface area contributed by atoms with E-state index < -0.39 is 0 Å². The van der Waals surface area contributed by atoms with Crippen molar-refractivity contribution < 1.29 is 14.3 Å². The average molecular weight is 453 g/mol. The van der Waals surface area contributed by atoms with Crippen LogP contribution >= 0.6 is 23.4 Å². The van der Waals surface area contributed by atoms with Crippen LogP contribution in [0.1, 0.15) is 0 Å². The first-order valence-corrected chi connectivity index (χ1v) is 10.9. The van der Waals surface area contributed by atoms with Crippen molar-refractivity contribution in [2.45, 2.75) is 5.03 Å². The topological polar surface area (TPSA) is 77.8 Å². The Morgan fingerprint density at radius 3 is 2.74 bits per heavy atom. The first kappa shape index (κ1) is 19.7. The summed E-state index contributed by atoms with van der Waals surface area (Å²) in [4.78, 5) is 16.9. The first-order valence-electron chi connectivity index (χ1n) is 9.58. The van der Waals surface area contributed by atoms with Gasteiger partial charge in [0.05, 0.1) is 17.0 Å². The van der Waals surface area contributed by atoms with Gasteiger partial charge in [0, 0.05) is 34.7 Å². The Balaban J connectivity index is 1.29. The maximum absolute atomic E-state index is 12.5. The van der Waals surface area contributed by atoms with Crippen LogP contribution < -0.4 is 14.8 Å². The molecule has 156 valence electrons. The lowest BCUT2D eigenvalue weighted by atomic mass is 10.1. The van der Waals surface area contributed by atoms with E-state index in [1.54, 1.807) is 35.1 Å². The molecule has 0 unspecified atom stereocenters. The van der Waals surface area contributed by atoms with Gasteiger partial charge in [-0.15, -0.1) is 0 Å². The molecule has 0 saturated heterocycles. The number of carbonyl (C=O) groups excluding carboxylic acids is 1. The fraction of sp³-hybridized carbons (Fsp3) is 0.136. The number of amides is 1. The van der Waals surface area contributed by atoms with E-state index in [9.17, 15) is 4.79 Å². The van der Waals surface area contributed by atoms with Crippen LogP contribution in [0.15, 0.2) is 66.0 Å². The number of anilines is 1. The van der Waals surface area contributed by atoms with Gasteiger partial charge in [-0.2, -0.15) is 5.10 Å². The highest BCUT2D eigenvalue weighted by Crippen LogP contribution is 2.33. The average Bonchev–Trinajstić information content (AvgIpc) is 3.23. The number of nitrogens with zero attached hydrogens (tertiary/aromatic N) is 3. The Labute approximate surface area is 187 Å². The van der Waals surface area contributed by atoms with E-state index in [-0.39, 0.29) is 11.7 Å². The maximum Gasteiger partial charge on any atom is 0.234 e. The van der Waals surface area contributed by atoms with Gasteiger partial charge < -0.3 is 14.8 Å². The summed E-state index contributed by atoms with van der Waals surface area (Å²) in [6.07, 6.45) is 3.46. The zero-order valence-corrected chi connectivity index (χ0v) is 17.8. The van der Waals surface area contributed by atoms with Crippen molar-refractivity contribution >= 4 is 40.5 Å². The van der Waals surface area contributed by atoms with Crippen LogP contribution in [-0.4, -0.2) is 39.5 Å². The zero-order chi connectivity index (χ0) is 21.2. The summed E-state index contributed by atoms with van der Waals surface area (Å²) in [5.41, 5.74) is 3.27. The number of benzene rings is 2. The molecule has 7 nitrogen and oxygen atoms in total. The molecule has 5 rings (SSSR count). The molecule has 0 saturated carbocycles. The molecule has 0 fully saturated rings. The SMILES string of the molecule is O=C(CSc1nccn2nc(-c3ccc(Cl)cc3)cc12)Nc1ccc2c(c1)OCCO2. The number of hydrogen-bond acceptors (Lipinski definition) is 6. The van der Waals surface area contributed by atoms with Gasteiger partial charge in [0.25, 0.3) is 0 Å². The highest BCUT2D eigenvalue weighted by Gasteiger charge is 2.14.